The Balaban J connectivity index is 1.41. The summed E-state index contributed by atoms with van der Waals surface area (Å²) in [5, 5.41) is 13.4. The summed E-state index contributed by atoms with van der Waals surface area (Å²) in [6.07, 6.45) is 1.91. The van der Waals surface area contributed by atoms with Crippen LogP contribution in [-0.4, -0.2) is 74.7 Å². The van der Waals surface area contributed by atoms with E-state index < -0.39 is 23.7 Å². The molecule has 4 heterocycles. The molecule has 2 fully saturated rings. The summed E-state index contributed by atoms with van der Waals surface area (Å²) in [4.78, 5) is 52.3. The molecule has 3 amide bonds. The van der Waals surface area contributed by atoms with Crippen LogP contribution >= 0.6 is 11.3 Å². The molecule has 5 rings (SSSR count). The number of aliphatic hydroxyl groups is 1. The molecule has 36 heavy (non-hydrogen) atoms. The van der Waals surface area contributed by atoms with E-state index in [4.69, 9.17) is 4.99 Å². The maximum atomic E-state index is 13.6. The van der Waals surface area contributed by atoms with Gasteiger partial charge in [-0.05, 0) is 44.2 Å². The number of hydrogen-bond donors (Lipinski definition) is 2. The minimum absolute atomic E-state index is 0.125. The van der Waals surface area contributed by atoms with Crippen molar-refractivity contribution in [2.75, 3.05) is 13.1 Å². The van der Waals surface area contributed by atoms with Crippen LogP contribution in [0.4, 0.5) is 0 Å². The summed E-state index contributed by atoms with van der Waals surface area (Å²) in [5.74, 6) is -0.197. The third-order valence-electron chi connectivity index (χ3n) is 7.55. The first-order chi connectivity index (χ1) is 17.2. The third-order valence-corrected chi connectivity index (χ3v) is 8.53. The highest BCUT2D eigenvalue weighted by molar-refractivity contribution is 7.13. The maximum absolute atomic E-state index is 13.6. The topological polar surface area (TPSA) is 115 Å². The van der Waals surface area contributed by atoms with Gasteiger partial charge in [-0.2, -0.15) is 0 Å². The number of hydrogen-bond acceptors (Lipinski definition) is 7. The van der Waals surface area contributed by atoms with Crippen molar-refractivity contribution in [3.63, 3.8) is 0 Å². The second-order valence-electron chi connectivity index (χ2n) is 9.99. The predicted octanol–water partition coefficient (Wildman–Crippen LogP) is 2.22. The van der Waals surface area contributed by atoms with Gasteiger partial charge in [0.15, 0.2) is 5.54 Å². The Morgan fingerprint density at radius 1 is 1.19 bits per heavy atom. The number of β-amino-alcohol motifs (C(OH)–C–C–N with tert-alkyl or cyclic N) is 1. The Labute approximate surface area is 214 Å². The van der Waals surface area contributed by atoms with Crippen LogP contribution in [-0.2, 0) is 19.9 Å². The largest absolute Gasteiger partial charge is 0.391 e. The molecule has 0 aliphatic carbocycles. The molecule has 4 atom stereocenters. The van der Waals surface area contributed by atoms with Crippen molar-refractivity contribution in [3.05, 3.63) is 41.0 Å². The van der Waals surface area contributed by atoms with Crippen LogP contribution in [0.2, 0.25) is 0 Å². The zero-order valence-corrected chi connectivity index (χ0v) is 21.5. The second-order valence-corrected chi connectivity index (χ2v) is 10.8. The average Bonchev–Trinajstić information content (AvgIpc) is 3.56. The quantitative estimate of drug-likeness (QED) is 0.656. The van der Waals surface area contributed by atoms with E-state index in [0.29, 0.717) is 18.8 Å². The van der Waals surface area contributed by atoms with Crippen LogP contribution in [0.3, 0.4) is 0 Å². The molecule has 1 aromatic heterocycles. The van der Waals surface area contributed by atoms with E-state index in [9.17, 15) is 19.5 Å². The molecule has 0 bridgehead atoms. The number of amidine groups is 1. The van der Waals surface area contributed by atoms with Crippen molar-refractivity contribution in [2.24, 2.45) is 4.99 Å². The normalized spacial score (nSPS) is 28.3. The fraction of sp³-hybridized carbons (Fsp3) is 0.500. The molecule has 0 saturated carbocycles. The molecule has 2 N–H and O–H groups in total. The van der Waals surface area contributed by atoms with Gasteiger partial charge in [0.05, 0.1) is 28.2 Å². The van der Waals surface area contributed by atoms with Gasteiger partial charge in [-0.1, -0.05) is 24.3 Å². The second kappa shape index (κ2) is 9.40. The lowest BCUT2D eigenvalue weighted by atomic mass is 9.91. The van der Waals surface area contributed by atoms with Crippen LogP contribution in [0.5, 0.6) is 0 Å². The van der Waals surface area contributed by atoms with Gasteiger partial charge < -0.3 is 20.2 Å². The summed E-state index contributed by atoms with van der Waals surface area (Å²) < 4.78 is 0. The molecular weight excluding hydrogens is 478 g/mol. The molecule has 0 spiro atoms. The highest BCUT2D eigenvalue weighted by Crippen LogP contribution is 2.35. The van der Waals surface area contributed by atoms with Crippen LogP contribution < -0.4 is 5.32 Å². The van der Waals surface area contributed by atoms with Crippen LogP contribution in [0.1, 0.15) is 50.8 Å². The van der Waals surface area contributed by atoms with Crippen molar-refractivity contribution in [1.82, 2.24) is 20.1 Å². The Hall–Kier alpha value is -3.11. The van der Waals surface area contributed by atoms with Crippen molar-refractivity contribution in [2.45, 2.75) is 70.2 Å². The molecule has 1 aromatic carbocycles. The third kappa shape index (κ3) is 4.22. The van der Waals surface area contributed by atoms with Gasteiger partial charge in [0.1, 0.15) is 11.9 Å². The number of rotatable bonds is 4. The number of nitrogens with zero attached hydrogens (tertiary/aromatic N) is 4. The summed E-state index contributed by atoms with van der Waals surface area (Å²) in [6.45, 7) is 5.92. The first-order valence-electron chi connectivity index (χ1n) is 12.4. The number of aryl methyl sites for hydroxylation is 1. The number of aromatic nitrogens is 1. The summed E-state index contributed by atoms with van der Waals surface area (Å²) >= 11 is 1.57. The number of carbonyl (C=O) groups excluding carboxylic acids is 3. The van der Waals surface area contributed by atoms with Gasteiger partial charge in [-0.25, -0.2) is 9.98 Å². The monoisotopic (exact) mass is 509 g/mol. The maximum Gasteiger partial charge on any atom is 0.257 e. The minimum atomic E-state index is -1.14. The first kappa shape index (κ1) is 24.6. The van der Waals surface area contributed by atoms with Crippen molar-refractivity contribution in [1.29, 1.82) is 0 Å². The molecule has 0 radical (unpaired) electrons. The van der Waals surface area contributed by atoms with E-state index in [-0.39, 0.29) is 30.7 Å². The lowest BCUT2D eigenvalue weighted by Crippen LogP contribution is -2.55. The fourth-order valence-corrected chi connectivity index (χ4v) is 6.32. The van der Waals surface area contributed by atoms with E-state index in [1.807, 2.05) is 36.7 Å². The van der Waals surface area contributed by atoms with Gasteiger partial charge >= 0.3 is 0 Å². The Bertz CT molecular complexity index is 1230. The van der Waals surface area contributed by atoms with E-state index in [2.05, 4.69) is 10.3 Å². The standard InChI is InChI=1S/C26H31N5O4S/c1-15-22(36-14-27-15)17-7-9-18(10-8-17)26(3)25(35)28-23(29-26)21-12-19(33)13-31(21)24(34)20-6-4-5-11-30(20)16(2)32/h7-10,14,19-21,33H,4-6,11-13H2,1-3H3,(H,28,29,35)/t19-,20+,21+,26+/m1/s1. The molecule has 190 valence electrons. The van der Waals surface area contributed by atoms with Gasteiger partial charge in [-0.15, -0.1) is 11.3 Å². The number of amides is 3. The molecule has 0 unspecified atom stereocenters. The van der Waals surface area contributed by atoms with Crippen molar-refractivity contribution >= 4 is 34.9 Å². The van der Waals surface area contributed by atoms with Crippen LogP contribution in [0.25, 0.3) is 10.4 Å². The smallest absolute Gasteiger partial charge is 0.257 e. The molecule has 3 aliphatic rings. The number of aliphatic imine (C=N–C) groups is 1. The summed E-state index contributed by atoms with van der Waals surface area (Å²) in [6, 6.07) is 6.65. The molecule has 2 saturated heterocycles. The minimum Gasteiger partial charge on any atom is -0.391 e. The van der Waals surface area contributed by atoms with Crippen molar-refractivity contribution < 1.29 is 19.5 Å². The van der Waals surface area contributed by atoms with Gasteiger partial charge in [0.25, 0.3) is 5.91 Å². The lowest BCUT2D eigenvalue weighted by molar-refractivity contribution is -0.146. The highest BCUT2D eigenvalue weighted by Gasteiger charge is 2.48. The molecule has 10 heteroatoms. The Morgan fingerprint density at radius 3 is 2.61 bits per heavy atom. The fourth-order valence-electron chi connectivity index (χ4n) is 5.51. The number of likely N-dealkylation sites (tertiary alicyclic amines) is 2. The molecule has 2 aromatic rings. The number of thiazole rings is 1. The predicted molar refractivity (Wildman–Crippen MR) is 136 cm³/mol. The van der Waals surface area contributed by atoms with E-state index >= 15 is 0 Å². The summed E-state index contributed by atoms with van der Waals surface area (Å²) in [5.41, 5.74) is 3.40. The first-order valence-corrected chi connectivity index (χ1v) is 13.2. The molecular formula is C26H31N5O4S. The van der Waals surface area contributed by atoms with E-state index in [1.165, 1.54) is 6.92 Å². The number of piperidine rings is 1. The SMILES string of the molecule is CC(=O)N1CCCC[C@H]1C(=O)N1C[C@H](O)C[C@H]1C1=N[C@@](C)(c2ccc(-c3scnc3C)cc2)C(=O)N1. The van der Waals surface area contributed by atoms with Gasteiger partial charge in [0.2, 0.25) is 11.8 Å². The van der Waals surface area contributed by atoms with Crippen LogP contribution in [0.15, 0.2) is 34.8 Å². The van der Waals surface area contributed by atoms with E-state index in [0.717, 1.165) is 34.5 Å². The lowest BCUT2D eigenvalue weighted by Gasteiger charge is -2.37. The average molecular weight is 510 g/mol. The van der Waals surface area contributed by atoms with Gasteiger partial charge in [-0.3, -0.25) is 14.4 Å². The van der Waals surface area contributed by atoms with Crippen LogP contribution in [0, 0.1) is 6.92 Å². The molecule has 3 aliphatic heterocycles. The Morgan fingerprint density at radius 2 is 1.94 bits per heavy atom. The zero-order chi connectivity index (χ0) is 25.6. The number of nitrogens with one attached hydrogen (secondary N) is 1. The highest BCUT2D eigenvalue weighted by atomic mass is 32.1. The molecule has 9 nitrogen and oxygen atoms in total. The Kier molecular flexibility index (Phi) is 6.42. The van der Waals surface area contributed by atoms with E-state index in [1.54, 1.807) is 28.1 Å². The van der Waals surface area contributed by atoms with Crippen molar-refractivity contribution in [3.8, 4) is 10.4 Å². The van der Waals surface area contributed by atoms with Gasteiger partial charge in [0, 0.05) is 26.4 Å². The zero-order valence-electron chi connectivity index (χ0n) is 20.7. The number of aliphatic hydroxyl groups excluding tert-OH is 1. The number of carbonyl (C=O) groups is 3. The summed E-state index contributed by atoms with van der Waals surface area (Å²) in [7, 11) is 0. The number of benzene rings is 1.